The largest absolute Gasteiger partial charge is 0.383 e. The highest BCUT2D eigenvalue weighted by Crippen LogP contribution is 2.40. The van der Waals surface area contributed by atoms with Crippen LogP contribution in [0.1, 0.15) is 24.8 Å². The standard InChI is InChI=1S/C15H17N3O/c1-18-13-4-3-12(7-11(13)8-14(18)19)17-10-15(9-16)5-2-6-15/h3-4,7,17H,2,5-6,8,10H2,1H3. The van der Waals surface area contributed by atoms with Gasteiger partial charge in [-0.05, 0) is 36.6 Å². The zero-order valence-corrected chi connectivity index (χ0v) is 11.1. The van der Waals surface area contributed by atoms with E-state index in [1.807, 2.05) is 18.2 Å². The summed E-state index contributed by atoms with van der Waals surface area (Å²) in [5, 5.41) is 12.5. The van der Waals surface area contributed by atoms with Gasteiger partial charge in [-0.3, -0.25) is 4.79 Å². The third-order valence-electron chi connectivity index (χ3n) is 4.34. The van der Waals surface area contributed by atoms with Crippen LogP contribution in [0.25, 0.3) is 0 Å². The molecule has 1 N–H and O–H groups in total. The van der Waals surface area contributed by atoms with Crippen LogP contribution in [0.2, 0.25) is 0 Å². The molecule has 1 aromatic rings. The molecule has 1 aliphatic carbocycles. The Morgan fingerprint density at radius 3 is 2.89 bits per heavy atom. The number of hydrogen-bond acceptors (Lipinski definition) is 3. The van der Waals surface area contributed by atoms with Crippen LogP contribution in [0.15, 0.2) is 18.2 Å². The van der Waals surface area contributed by atoms with Gasteiger partial charge in [0, 0.05) is 25.0 Å². The topological polar surface area (TPSA) is 56.1 Å². The number of amides is 1. The monoisotopic (exact) mass is 255 g/mol. The summed E-state index contributed by atoms with van der Waals surface area (Å²) in [7, 11) is 1.81. The summed E-state index contributed by atoms with van der Waals surface area (Å²) < 4.78 is 0. The lowest BCUT2D eigenvalue weighted by Gasteiger charge is -2.35. The number of nitriles is 1. The molecule has 1 saturated carbocycles. The summed E-state index contributed by atoms with van der Waals surface area (Å²) in [4.78, 5) is 13.3. The van der Waals surface area contributed by atoms with Crippen molar-refractivity contribution in [2.24, 2.45) is 5.41 Å². The van der Waals surface area contributed by atoms with E-state index in [4.69, 9.17) is 0 Å². The number of anilines is 2. The van der Waals surface area contributed by atoms with E-state index in [0.717, 1.165) is 36.2 Å². The van der Waals surface area contributed by atoms with Gasteiger partial charge in [-0.15, -0.1) is 0 Å². The number of carbonyl (C=O) groups is 1. The second kappa shape index (κ2) is 4.27. The van der Waals surface area contributed by atoms with E-state index in [0.29, 0.717) is 13.0 Å². The van der Waals surface area contributed by atoms with Crippen LogP contribution in [-0.2, 0) is 11.2 Å². The normalized spacial score (nSPS) is 19.6. The number of nitrogens with zero attached hydrogens (tertiary/aromatic N) is 2. The van der Waals surface area contributed by atoms with E-state index in [2.05, 4.69) is 11.4 Å². The highest BCUT2D eigenvalue weighted by molar-refractivity contribution is 6.01. The summed E-state index contributed by atoms with van der Waals surface area (Å²) in [6.45, 7) is 0.700. The molecule has 0 atom stereocenters. The molecule has 0 bridgehead atoms. The van der Waals surface area contributed by atoms with Gasteiger partial charge in [-0.1, -0.05) is 6.42 Å². The minimum atomic E-state index is -0.175. The third-order valence-corrected chi connectivity index (χ3v) is 4.34. The van der Waals surface area contributed by atoms with Crippen molar-refractivity contribution < 1.29 is 4.79 Å². The van der Waals surface area contributed by atoms with E-state index in [-0.39, 0.29) is 11.3 Å². The first kappa shape index (κ1) is 12.0. The predicted molar refractivity (Wildman–Crippen MR) is 73.9 cm³/mol. The molecule has 1 fully saturated rings. The van der Waals surface area contributed by atoms with Crippen LogP contribution in [-0.4, -0.2) is 19.5 Å². The molecule has 0 aromatic heterocycles. The fourth-order valence-electron chi connectivity index (χ4n) is 2.78. The highest BCUT2D eigenvalue weighted by atomic mass is 16.2. The van der Waals surface area contributed by atoms with Gasteiger partial charge < -0.3 is 10.2 Å². The van der Waals surface area contributed by atoms with Crippen molar-refractivity contribution in [1.29, 1.82) is 5.26 Å². The first-order valence-corrected chi connectivity index (χ1v) is 6.68. The molecule has 2 aliphatic rings. The van der Waals surface area contributed by atoms with Gasteiger partial charge in [-0.2, -0.15) is 5.26 Å². The maximum absolute atomic E-state index is 11.6. The van der Waals surface area contributed by atoms with Crippen LogP contribution in [0, 0.1) is 16.7 Å². The zero-order chi connectivity index (χ0) is 13.5. The number of rotatable bonds is 3. The van der Waals surface area contributed by atoms with Gasteiger partial charge in [0.05, 0.1) is 17.9 Å². The van der Waals surface area contributed by atoms with Crippen LogP contribution < -0.4 is 10.2 Å². The van der Waals surface area contributed by atoms with E-state index in [1.54, 1.807) is 11.9 Å². The van der Waals surface area contributed by atoms with E-state index >= 15 is 0 Å². The molecule has 98 valence electrons. The van der Waals surface area contributed by atoms with Crippen molar-refractivity contribution in [3.05, 3.63) is 23.8 Å². The third kappa shape index (κ3) is 1.95. The minimum Gasteiger partial charge on any atom is -0.383 e. The number of carbonyl (C=O) groups excluding carboxylic acids is 1. The molecule has 4 heteroatoms. The Morgan fingerprint density at radius 1 is 1.47 bits per heavy atom. The Hall–Kier alpha value is -2.02. The van der Waals surface area contributed by atoms with Gasteiger partial charge >= 0.3 is 0 Å². The van der Waals surface area contributed by atoms with Gasteiger partial charge in [0.1, 0.15) is 0 Å². The average Bonchev–Trinajstić information content (AvgIpc) is 2.64. The predicted octanol–water partition coefficient (Wildman–Crippen LogP) is 2.31. The smallest absolute Gasteiger partial charge is 0.231 e. The molecular formula is C15H17N3O. The summed E-state index contributed by atoms with van der Waals surface area (Å²) in [6, 6.07) is 8.41. The van der Waals surface area contributed by atoms with Gasteiger partial charge in [0.15, 0.2) is 0 Å². The molecule has 1 amide bonds. The number of benzene rings is 1. The van der Waals surface area contributed by atoms with E-state index in [1.165, 1.54) is 0 Å². The lowest BCUT2D eigenvalue weighted by Crippen LogP contribution is -2.35. The molecule has 1 aliphatic heterocycles. The van der Waals surface area contributed by atoms with Crippen LogP contribution >= 0.6 is 0 Å². The number of hydrogen-bond donors (Lipinski definition) is 1. The Morgan fingerprint density at radius 2 is 2.26 bits per heavy atom. The fourth-order valence-corrected chi connectivity index (χ4v) is 2.78. The van der Waals surface area contributed by atoms with E-state index < -0.39 is 0 Å². The second-order valence-electron chi connectivity index (χ2n) is 5.57. The van der Waals surface area contributed by atoms with Crippen LogP contribution in [0.3, 0.4) is 0 Å². The van der Waals surface area contributed by atoms with Crippen molar-refractivity contribution in [2.75, 3.05) is 23.8 Å². The van der Waals surface area contributed by atoms with Crippen molar-refractivity contribution >= 4 is 17.3 Å². The Kier molecular flexibility index (Phi) is 2.70. The molecule has 3 rings (SSSR count). The Bertz CT molecular complexity index is 569. The number of likely N-dealkylation sites (N-methyl/N-ethyl adjacent to an activating group) is 1. The number of fused-ring (bicyclic) bond motifs is 1. The fraction of sp³-hybridized carbons (Fsp3) is 0.467. The average molecular weight is 255 g/mol. The molecule has 0 radical (unpaired) electrons. The lowest BCUT2D eigenvalue weighted by molar-refractivity contribution is -0.117. The maximum Gasteiger partial charge on any atom is 0.231 e. The highest BCUT2D eigenvalue weighted by Gasteiger charge is 2.37. The summed E-state index contributed by atoms with van der Waals surface area (Å²) >= 11 is 0. The summed E-state index contributed by atoms with van der Waals surface area (Å²) in [6.07, 6.45) is 3.61. The molecule has 0 unspecified atom stereocenters. The quantitative estimate of drug-likeness (QED) is 0.901. The minimum absolute atomic E-state index is 0.139. The molecule has 0 spiro atoms. The van der Waals surface area contributed by atoms with Crippen molar-refractivity contribution in [2.45, 2.75) is 25.7 Å². The van der Waals surface area contributed by atoms with Crippen molar-refractivity contribution in [3.8, 4) is 6.07 Å². The van der Waals surface area contributed by atoms with Gasteiger partial charge in [0.25, 0.3) is 0 Å². The summed E-state index contributed by atoms with van der Waals surface area (Å²) in [5.74, 6) is 0.139. The first-order chi connectivity index (χ1) is 9.13. The van der Waals surface area contributed by atoms with E-state index in [9.17, 15) is 10.1 Å². The van der Waals surface area contributed by atoms with Gasteiger partial charge in [-0.25, -0.2) is 0 Å². The SMILES string of the molecule is CN1C(=O)Cc2cc(NCC3(C#N)CCC3)ccc21. The van der Waals surface area contributed by atoms with Gasteiger partial charge in [0.2, 0.25) is 5.91 Å². The maximum atomic E-state index is 11.6. The Balaban J connectivity index is 1.72. The molecule has 19 heavy (non-hydrogen) atoms. The molecule has 0 saturated heterocycles. The first-order valence-electron chi connectivity index (χ1n) is 6.68. The zero-order valence-electron chi connectivity index (χ0n) is 11.1. The summed E-state index contributed by atoms with van der Waals surface area (Å²) in [5.41, 5.74) is 2.89. The second-order valence-corrected chi connectivity index (χ2v) is 5.57. The van der Waals surface area contributed by atoms with Crippen LogP contribution in [0.4, 0.5) is 11.4 Å². The van der Waals surface area contributed by atoms with Crippen molar-refractivity contribution in [3.63, 3.8) is 0 Å². The van der Waals surface area contributed by atoms with Crippen molar-refractivity contribution in [1.82, 2.24) is 0 Å². The molecule has 1 aromatic carbocycles. The lowest BCUT2D eigenvalue weighted by atomic mass is 9.70. The molecule has 4 nitrogen and oxygen atoms in total. The van der Waals surface area contributed by atoms with Crippen LogP contribution in [0.5, 0.6) is 0 Å². The number of nitrogens with one attached hydrogen (secondary N) is 1. The molecule has 1 heterocycles. The molecular weight excluding hydrogens is 238 g/mol. The Labute approximate surface area is 113 Å².